The van der Waals surface area contributed by atoms with E-state index in [4.69, 9.17) is 0 Å². The van der Waals surface area contributed by atoms with Gasteiger partial charge in [0.1, 0.15) is 29.1 Å². The van der Waals surface area contributed by atoms with Crippen LogP contribution in [0.4, 0.5) is 35.1 Å². The number of rotatable bonds is 10. The van der Waals surface area contributed by atoms with Crippen LogP contribution in [-0.2, 0) is 6.42 Å². The molecule has 0 spiro atoms. The minimum Gasteiger partial charge on any atom is -0.206 e. The fourth-order valence-electron chi connectivity index (χ4n) is 5.88. The Labute approximate surface area is 241 Å². The van der Waals surface area contributed by atoms with Gasteiger partial charge in [-0.3, -0.25) is 0 Å². The summed E-state index contributed by atoms with van der Waals surface area (Å²) < 4.78 is 111. The van der Waals surface area contributed by atoms with Gasteiger partial charge in [0.2, 0.25) is 0 Å². The summed E-state index contributed by atoms with van der Waals surface area (Å²) in [6, 6.07) is 7.39. The molecule has 42 heavy (non-hydrogen) atoms. The Morgan fingerprint density at radius 3 is 1.81 bits per heavy atom. The molecule has 0 atom stereocenters. The number of unbranched alkanes of at least 4 members (excludes halogenated alkanes) is 2. The number of benzene rings is 3. The summed E-state index contributed by atoms with van der Waals surface area (Å²) in [5.41, 5.74) is -1.64. The molecule has 1 aliphatic rings. The standard InChI is InChI=1S/C34H34F8/c1-2-3-4-5-21-6-8-22(9-7-21)10-11-23-12-13-26(28(35)16-23)24-17-31(38)33(32(39)18-24)25-19-29(36)27(30(37)20-25)14-15-34(40,41)42/h12-22H,2-11H2,1H3. The first-order chi connectivity index (χ1) is 19.9. The van der Waals surface area contributed by atoms with Crippen LogP contribution in [0, 0.1) is 40.9 Å². The average molecular weight is 595 g/mol. The van der Waals surface area contributed by atoms with E-state index in [1.54, 1.807) is 6.07 Å². The summed E-state index contributed by atoms with van der Waals surface area (Å²) in [5, 5.41) is 0. The number of hydrogen-bond acceptors (Lipinski definition) is 0. The van der Waals surface area contributed by atoms with Crippen molar-refractivity contribution in [2.75, 3.05) is 0 Å². The summed E-state index contributed by atoms with van der Waals surface area (Å²) >= 11 is 0. The monoisotopic (exact) mass is 594 g/mol. The third-order valence-electron chi connectivity index (χ3n) is 8.22. The van der Waals surface area contributed by atoms with Gasteiger partial charge in [-0.2, -0.15) is 13.2 Å². The third kappa shape index (κ3) is 8.23. The van der Waals surface area contributed by atoms with Crippen molar-refractivity contribution < 1.29 is 35.1 Å². The maximum Gasteiger partial charge on any atom is 0.409 e. The highest BCUT2D eigenvalue weighted by Gasteiger charge is 2.24. The van der Waals surface area contributed by atoms with Gasteiger partial charge in [0.05, 0.1) is 5.56 Å². The molecule has 1 aliphatic carbocycles. The van der Waals surface area contributed by atoms with E-state index in [-0.39, 0.29) is 23.3 Å². The summed E-state index contributed by atoms with van der Waals surface area (Å²) in [5.74, 6) is -4.46. The average Bonchev–Trinajstić information content (AvgIpc) is 2.91. The van der Waals surface area contributed by atoms with E-state index >= 15 is 13.2 Å². The molecule has 0 nitrogen and oxygen atoms in total. The first-order valence-corrected chi connectivity index (χ1v) is 14.5. The molecule has 0 aliphatic heterocycles. The van der Waals surface area contributed by atoms with Crippen molar-refractivity contribution in [2.24, 2.45) is 11.8 Å². The van der Waals surface area contributed by atoms with Crippen LogP contribution in [0.2, 0.25) is 0 Å². The van der Waals surface area contributed by atoms with Crippen molar-refractivity contribution in [1.29, 1.82) is 0 Å². The predicted octanol–water partition coefficient (Wildman–Crippen LogP) is 11.6. The lowest BCUT2D eigenvalue weighted by Crippen LogP contribution is -2.15. The number of aryl methyl sites for hydroxylation is 1. The Morgan fingerprint density at radius 2 is 1.26 bits per heavy atom. The summed E-state index contributed by atoms with van der Waals surface area (Å²) in [4.78, 5) is 0. The topological polar surface area (TPSA) is 0 Å². The maximum atomic E-state index is 15.1. The highest BCUT2D eigenvalue weighted by Crippen LogP contribution is 2.36. The molecule has 3 aromatic carbocycles. The largest absolute Gasteiger partial charge is 0.409 e. The number of alkyl halides is 3. The Bertz CT molecular complexity index is 1350. The fourth-order valence-corrected chi connectivity index (χ4v) is 5.88. The molecule has 0 bridgehead atoms. The van der Waals surface area contributed by atoms with E-state index in [1.165, 1.54) is 63.5 Å². The molecule has 1 fully saturated rings. The van der Waals surface area contributed by atoms with Crippen molar-refractivity contribution in [1.82, 2.24) is 0 Å². The SMILES string of the molecule is CCCCCC1CCC(CCc2ccc(-c3cc(F)c(-c4cc(F)c(C=CC(F)(F)F)c(F)c4)c(F)c3)c(F)c2)CC1. The van der Waals surface area contributed by atoms with Crippen LogP contribution in [0.5, 0.6) is 0 Å². The zero-order chi connectivity index (χ0) is 30.4. The van der Waals surface area contributed by atoms with Crippen molar-refractivity contribution in [3.8, 4) is 22.3 Å². The van der Waals surface area contributed by atoms with Crippen LogP contribution in [0.25, 0.3) is 28.3 Å². The van der Waals surface area contributed by atoms with Crippen molar-refractivity contribution in [3.05, 3.63) is 88.8 Å². The Balaban J connectivity index is 1.45. The van der Waals surface area contributed by atoms with Gasteiger partial charge in [-0.05, 0) is 77.8 Å². The second-order valence-electron chi connectivity index (χ2n) is 11.3. The first kappa shape index (κ1) is 31.8. The van der Waals surface area contributed by atoms with Crippen LogP contribution >= 0.6 is 0 Å². The van der Waals surface area contributed by atoms with Gasteiger partial charge in [-0.15, -0.1) is 0 Å². The van der Waals surface area contributed by atoms with Crippen LogP contribution < -0.4 is 0 Å². The van der Waals surface area contributed by atoms with Gasteiger partial charge < -0.3 is 0 Å². The molecule has 4 rings (SSSR count). The van der Waals surface area contributed by atoms with Crippen molar-refractivity contribution >= 4 is 6.08 Å². The van der Waals surface area contributed by atoms with E-state index in [0.29, 0.717) is 24.5 Å². The molecule has 0 N–H and O–H groups in total. The van der Waals surface area contributed by atoms with Gasteiger partial charge in [-0.25, -0.2) is 22.0 Å². The Kier molecular flexibility index (Phi) is 10.5. The van der Waals surface area contributed by atoms with E-state index in [0.717, 1.165) is 30.0 Å². The lowest BCUT2D eigenvalue weighted by atomic mass is 9.78. The van der Waals surface area contributed by atoms with E-state index in [9.17, 15) is 22.0 Å². The summed E-state index contributed by atoms with van der Waals surface area (Å²) in [7, 11) is 0. The highest BCUT2D eigenvalue weighted by molar-refractivity contribution is 5.73. The molecule has 3 aromatic rings. The zero-order valence-electron chi connectivity index (χ0n) is 23.4. The summed E-state index contributed by atoms with van der Waals surface area (Å²) in [6.07, 6.45) is 6.69. The molecule has 0 radical (unpaired) electrons. The van der Waals surface area contributed by atoms with Gasteiger partial charge in [-0.1, -0.05) is 70.4 Å². The number of allylic oxidation sites excluding steroid dienone is 1. The van der Waals surface area contributed by atoms with Crippen molar-refractivity contribution in [2.45, 2.75) is 77.3 Å². The van der Waals surface area contributed by atoms with Gasteiger partial charge in [0, 0.05) is 17.2 Å². The fraction of sp³-hybridized carbons (Fsp3) is 0.412. The predicted molar refractivity (Wildman–Crippen MR) is 150 cm³/mol. The van der Waals surface area contributed by atoms with Gasteiger partial charge >= 0.3 is 6.18 Å². The molecule has 0 aromatic heterocycles. The van der Waals surface area contributed by atoms with E-state index in [1.807, 2.05) is 0 Å². The maximum absolute atomic E-state index is 15.1. The molecule has 226 valence electrons. The highest BCUT2D eigenvalue weighted by atomic mass is 19.4. The molecule has 8 heteroatoms. The second-order valence-corrected chi connectivity index (χ2v) is 11.3. The second kappa shape index (κ2) is 13.9. The normalized spacial score (nSPS) is 17.7. The summed E-state index contributed by atoms with van der Waals surface area (Å²) in [6.45, 7) is 2.21. The smallest absolute Gasteiger partial charge is 0.206 e. The van der Waals surface area contributed by atoms with Gasteiger partial charge in [0.25, 0.3) is 0 Å². The van der Waals surface area contributed by atoms with Crippen LogP contribution in [0.1, 0.15) is 75.8 Å². The number of hydrogen-bond donors (Lipinski definition) is 0. The molecule has 0 heterocycles. The minimum atomic E-state index is -4.80. The number of halogens is 8. The van der Waals surface area contributed by atoms with Gasteiger partial charge in [0.15, 0.2) is 0 Å². The quantitative estimate of drug-likeness (QED) is 0.162. The Morgan fingerprint density at radius 1 is 0.690 bits per heavy atom. The molecule has 0 amide bonds. The lowest BCUT2D eigenvalue weighted by Gasteiger charge is -2.28. The molecule has 0 saturated heterocycles. The first-order valence-electron chi connectivity index (χ1n) is 14.5. The molecular weight excluding hydrogens is 560 g/mol. The molecule has 0 unspecified atom stereocenters. The van der Waals surface area contributed by atoms with Crippen LogP contribution in [0.15, 0.2) is 48.5 Å². The molecule has 1 saturated carbocycles. The van der Waals surface area contributed by atoms with Crippen LogP contribution in [-0.4, -0.2) is 6.18 Å². The lowest BCUT2D eigenvalue weighted by molar-refractivity contribution is -0.0790. The third-order valence-corrected chi connectivity index (χ3v) is 8.22. The molecular formula is C34H34F8. The minimum absolute atomic E-state index is 0.0271. The Hall–Kier alpha value is -3.16. The van der Waals surface area contributed by atoms with E-state index in [2.05, 4.69) is 6.92 Å². The van der Waals surface area contributed by atoms with E-state index < -0.39 is 52.0 Å². The zero-order valence-corrected chi connectivity index (χ0v) is 23.4. The van der Waals surface area contributed by atoms with Crippen LogP contribution in [0.3, 0.4) is 0 Å². The van der Waals surface area contributed by atoms with Crippen molar-refractivity contribution in [3.63, 3.8) is 0 Å².